The molecule has 0 aromatic heterocycles. The molecule has 3 atom stereocenters. The highest BCUT2D eigenvalue weighted by Gasteiger charge is 2.51. The van der Waals surface area contributed by atoms with E-state index in [4.69, 9.17) is 0 Å². The zero-order chi connectivity index (χ0) is 40.1. The van der Waals surface area contributed by atoms with Gasteiger partial charge in [0.05, 0.1) is 0 Å². The van der Waals surface area contributed by atoms with Gasteiger partial charge < -0.3 is 4.90 Å². The molecule has 0 aliphatic heterocycles. The molecular weight excluding hydrogens is 723 g/mol. The Balaban J connectivity index is 0.890. The molecule has 0 spiro atoms. The van der Waals surface area contributed by atoms with Crippen molar-refractivity contribution in [3.05, 3.63) is 161 Å². The first-order valence-corrected chi connectivity index (χ1v) is 23.7. The molecule has 3 unspecified atom stereocenters. The molecule has 1 nitrogen and oxygen atoms in total. The zero-order valence-corrected chi connectivity index (χ0v) is 36.1. The Morgan fingerprint density at radius 1 is 0.450 bits per heavy atom. The number of fused-ring (bicyclic) bond motifs is 8. The number of nitrogens with zero attached hydrogens (tertiary/aromatic N) is 1. The van der Waals surface area contributed by atoms with Crippen LogP contribution in [0.25, 0.3) is 33.4 Å². The van der Waals surface area contributed by atoms with Crippen LogP contribution >= 0.6 is 0 Å². The summed E-state index contributed by atoms with van der Waals surface area (Å²) in [5.74, 6) is 5.44. The van der Waals surface area contributed by atoms with Gasteiger partial charge in [-0.25, -0.2) is 0 Å². The molecule has 300 valence electrons. The Morgan fingerprint density at radius 2 is 1.05 bits per heavy atom. The topological polar surface area (TPSA) is 3.24 Å². The Hall–Kier alpha value is -4.88. The van der Waals surface area contributed by atoms with E-state index in [2.05, 4.69) is 160 Å². The summed E-state index contributed by atoms with van der Waals surface area (Å²) in [6.07, 6.45) is 14.4. The summed E-state index contributed by atoms with van der Waals surface area (Å²) in [5, 5.41) is 0. The van der Waals surface area contributed by atoms with Crippen molar-refractivity contribution in [1.29, 1.82) is 0 Å². The molecule has 0 amide bonds. The molecule has 0 radical (unpaired) electrons. The molecule has 8 aliphatic carbocycles. The zero-order valence-electron chi connectivity index (χ0n) is 36.1. The van der Waals surface area contributed by atoms with Crippen molar-refractivity contribution >= 4 is 17.1 Å². The molecule has 1 heteroatoms. The molecule has 8 aliphatic rings. The average Bonchev–Trinajstić information content (AvgIpc) is 4.01. The van der Waals surface area contributed by atoms with Crippen molar-refractivity contribution in [3.8, 4) is 33.4 Å². The molecule has 6 bridgehead atoms. The lowest BCUT2D eigenvalue weighted by molar-refractivity contribution is -0.00518. The van der Waals surface area contributed by atoms with Crippen LogP contribution in [-0.2, 0) is 16.2 Å². The van der Waals surface area contributed by atoms with E-state index < -0.39 is 0 Å². The Labute approximate surface area is 358 Å². The minimum absolute atomic E-state index is 0.0287. The largest absolute Gasteiger partial charge is 0.310 e. The summed E-state index contributed by atoms with van der Waals surface area (Å²) < 4.78 is 0. The van der Waals surface area contributed by atoms with E-state index in [1.807, 2.05) is 0 Å². The van der Waals surface area contributed by atoms with Crippen LogP contribution < -0.4 is 4.90 Å². The van der Waals surface area contributed by atoms with E-state index in [1.165, 1.54) is 137 Å². The van der Waals surface area contributed by atoms with Crippen LogP contribution in [-0.4, -0.2) is 0 Å². The summed E-state index contributed by atoms with van der Waals surface area (Å²) in [6, 6.07) is 50.5. The van der Waals surface area contributed by atoms with Crippen molar-refractivity contribution in [2.45, 2.75) is 114 Å². The number of anilines is 3. The van der Waals surface area contributed by atoms with Crippen molar-refractivity contribution in [2.24, 2.45) is 29.6 Å². The highest BCUT2D eigenvalue weighted by Crippen LogP contribution is 2.61. The van der Waals surface area contributed by atoms with Gasteiger partial charge in [0.25, 0.3) is 0 Å². The van der Waals surface area contributed by atoms with Crippen molar-refractivity contribution < 1.29 is 0 Å². The fourth-order valence-corrected chi connectivity index (χ4v) is 15.5. The first-order valence-electron chi connectivity index (χ1n) is 23.7. The lowest BCUT2D eigenvalue weighted by Gasteiger charge is -2.57. The van der Waals surface area contributed by atoms with Crippen LogP contribution in [0.2, 0.25) is 0 Å². The summed E-state index contributed by atoms with van der Waals surface area (Å²) in [7, 11) is 0. The van der Waals surface area contributed by atoms with Crippen LogP contribution in [0.3, 0.4) is 0 Å². The molecule has 0 N–H and O–H groups in total. The average molecular weight is 782 g/mol. The van der Waals surface area contributed by atoms with Gasteiger partial charge in [0.1, 0.15) is 0 Å². The highest BCUT2D eigenvalue weighted by molar-refractivity contribution is 5.92. The smallest absolute Gasteiger partial charge is 0.0465 e. The SMILES string of the molecule is CC1(C)c2ccccc2-c2ccc(-c3cccc4c3C(C)(C)c3cc(N(c5ccc(C6CC7CCC6C7)cc5)c5ccc(C67CC8CC(CC(C8)C6)C7)cc5)ccc3-4)cc21. The van der Waals surface area contributed by atoms with Crippen molar-refractivity contribution in [3.63, 3.8) is 0 Å². The van der Waals surface area contributed by atoms with E-state index in [0.29, 0.717) is 5.41 Å². The van der Waals surface area contributed by atoms with Gasteiger partial charge in [-0.15, -0.1) is 0 Å². The fourth-order valence-electron chi connectivity index (χ4n) is 15.5. The van der Waals surface area contributed by atoms with Gasteiger partial charge in [0.15, 0.2) is 0 Å². The number of hydrogen-bond acceptors (Lipinski definition) is 1. The van der Waals surface area contributed by atoms with Gasteiger partial charge in [0, 0.05) is 27.9 Å². The first kappa shape index (κ1) is 35.8. The minimum atomic E-state index is -0.172. The summed E-state index contributed by atoms with van der Waals surface area (Å²) >= 11 is 0. The summed E-state index contributed by atoms with van der Waals surface area (Å²) in [4.78, 5) is 2.56. The summed E-state index contributed by atoms with van der Waals surface area (Å²) in [5.41, 5.74) is 21.1. The maximum absolute atomic E-state index is 2.56. The van der Waals surface area contributed by atoms with Gasteiger partial charge in [-0.1, -0.05) is 119 Å². The Bertz CT molecular complexity index is 2670. The molecule has 6 aromatic rings. The second-order valence-electron chi connectivity index (χ2n) is 22.0. The molecule has 6 aromatic carbocycles. The van der Waals surface area contributed by atoms with Crippen LogP contribution in [0, 0.1) is 29.6 Å². The fraction of sp³-hybridized carbons (Fsp3) is 0.390. The Kier molecular flexibility index (Phi) is 7.52. The quantitative estimate of drug-likeness (QED) is 0.163. The number of rotatable bonds is 6. The third-order valence-electron chi connectivity index (χ3n) is 17.9. The van der Waals surface area contributed by atoms with E-state index >= 15 is 0 Å². The van der Waals surface area contributed by atoms with Gasteiger partial charge in [-0.2, -0.15) is 0 Å². The molecular formula is C59H59N. The van der Waals surface area contributed by atoms with Gasteiger partial charge >= 0.3 is 0 Å². The van der Waals surface area contributed by atoms with E-state index in [0.717, 1.165) is 35.5 Å². The summed E-state index contributed by atoms with van der Waals surface area (Å²) in [6.45, 7) is 9.72. The molecule has 6 fully saturated rings. The van der Waals surface area contributed by atoms with Crippen LogP contribution in [0.5, 0.6) is 0 Å². The second-order valence-corrected chi connectivity index (χ2v) is 22.0. The lowest BCUT2D eigenvalue weighted by Crippen LogP contribution is -2.48. The van der Waals surface area contributed by atoms with E-state index in [1.54, 1.807) is 11.1 Å². The number of benzene rings is 6. The molecule has 14 rings (SSSR count). The third kappa shape index (κ3) is 5.11. The predicted octanol–water partition coefficient (Wildman–Crippen LogP) is 15.8. The maximum atomic E-state index is 2.56. The van der Waals surface area contributed by atoms with Crippen LogP contribution in [0.1, 0.15) is 131 Å². The maximum Gasteiger partial charge on any atom is 0.0465 e. The number of hydrogen-bond donors (Lipinski definition) is 0. The highest BCUT2D eigenvalue weighted by atomic mass is 15.1. The second kappa shape index (κ2) is 12.6. The van der Waals surface area contributed by atoms with Gasteiger partial charge in [-0.3, -0.25) is 0 Å². The van der Waals surface area contributed by atoms with E-state index in [9.17, 15) is 0 Å². The minimum Gasteiger partial charge on any atom is -0.310 e. The standard InChI is InChI=1S/C59H59N/c1-57(2)53-11-6-5-8-48(53)49-24-16-42(31-54(49)57)47-9-7-10-51-50-25-23-46(32-55(50)58(3,4)56(47)51)60(44-19-14-40(15-20-44)52-30-36-12-13-41(52)29-36)45-21-17-43(18-22-45)59-33-37-26-38(34-59)28-39(27-37)35-59/h5-11,14-25,31-32,36-39,41,52H,12-13,26-30,33-35H2,1-4H3. The van der Waals surface area contributed by atoms with Gasteiger partial charge in [-0.05, 0) is 208 Å². The third-order valence-corrected chi connectivity index (χ3v) is 17.9. The van der Waals surface area contributed by atoms with Gasteiger partial charge in [0.2, 0.25) is 0 Å². The molecule has 0 saturated heterocycles. The monoisotopic (exact) mass is 781 g/mol. The lowest BCUT2D eigenvalue weighted by atomic mass is 9.48. The first-order chi connectivity index (χ1) is 29.1. The Morgan fingerprint density at radius 3 is 1.75 bits per heavy atom. The van der Waals surface area contributed by atoms with Crippen LogP contribution in [0.15, 0.2) is 127 Å². The predicted molar refractivity (Wildman–Crippen MR) is 250 cm³/mol. The molecule has 0 heterocycles. The molecule has 60 heavy (non-hydrogen) atoms. The molecule has 6 saturated carbocycles. The van der Waals surface area contributed by atoms with E-state index in [-0.39, 0.29) is 10.8 Å². The van der Waals surface area contributed by atoms with Crippen molar-refractivity contribution in [2.75, 3.05) is 4.90 Å². The van der Waals surface area contributed by atoms with Crippen LogP contribution in [0.4, 0.5) is 17.1 Å². The normalized spacial score (nSPS) is 29.0. The van der Waals surface area contributed by atoms with Crippen molar-refractivity contribution in [1.82, 2.24) is 0 Å².